The molecule has 2 rings (SSSR count). The van der Waals surface area contributed by atoms with Crippen LogP contribution in [0.5, 0.6) is 0 Å². The van der Waals surface area contributed by atoms with Gasteiger partial charge < -0.3 is 15.4 Å². The van der Waals surface area contributed by atoms with E-state index in [1.54, 1.807) is 0 Å². The zero-order chi connectivity index (χ0) is 12.5. The molecule has 94 valence electrons. The zero-order valence-corrected chi connectivity index (χ0v) is 11.1. The number of nitrogens with zero attached hydrogens (tertiary/aromatic N) is 1. The molecule has 0 radical (unpaired) electrons. The van der Waals surface area contributed by atoms with Crippen LogP contribution in [0.25, 0.3) is 0 Å². The molecule has 0 saturated carbocycles. The fourth-order valence-corrected chi connectivity index (χ4v) is 2.60. The van der Waals surface area contributed by atoms with Gasteiger partial charge in [0.1, 0.15) is 0 Å². The minimum Gasteiger partial charge on any atom is -0.377 e. The van der Waals surface area contributed by atoms with E-state index >= 15 is 0 Å². The monoisotopic (exact) mass is 254 g/mol. The summed E-state index contributed by atoms with van der Waals surface area (Å²) in [6.45, 7) is 7.12. The van der Waals surface area contributed by atoms with Crippen molar-refractivity contribution in [3.05, 3.63) is 28.8 Å². The van der Waals surface area contributed by atoms with Crippen LogP contribution in [0.1, 0.15) is 19.4 Å². The number of anilines is 1. The molecule has 2 N–H and O–H groups in total. The topological polar surface area (TPSA) is 38.5 Å². The fraction of sp³-hybridized carbons (Fsp3) is 0.538. The molecule has 0 atom stereocenters. The standard InChI is InChI=1S/C13H19ClN2O/c1-13(2)9-17-7-6-16(13)12-10(8-15)4-3-5-11(12)14/h3-5H,6-9,15H2,1-2H3. The Morgan fingerprint density at radius 3 is 2.88 bits per heavy atom. The van der Waals surface area contributed by atoms with Crippen molar-refractivity contribution in [1.82, 2.24) is 0 Å². The Morgan fingerprint density at radius 2 is 2.24 bits per heavy atom. The lowest BCUT2D eigenvalue weighted by Crippen LogP contribution is -2.53. The maximum Gasteiger partial charge on any atom is 0.0694 e. The summed E-state index contributed by atoms with van der Waals surface area (Å²) in [5, 5.41) is 0.767. The van der Waals surface area contributed by atoms with Gasteiger partial charge in [-0.1, -0.05) is 23.7 Å². The predicted molar refractivity (Wildman–Crippen MR) is 71.6 cm³/mol. The molecule has 0 unspecified atom stereocenters. The van der Waals surface area contributed by atoms with Gasteiger partial charge in [-0.05, 0) is 25.5 Å². The molecule has 1 aliphatic heterocycles. The molecule has 3 nitrogen and oxygen atoms in total. The van der Waals surface area contributed by atoms with E-state index in [-0.39, 0.29) is 5.54 Å². The Hall–Kier alpha value is -0.770. The number of rotatable bonds is 2. The first kappa shape index (κ1) is 12.7. The van der Waals surface area contributed by atoms with Crippen LogP contribution in [0.3, 0.4) is 0 Å². The highest BCUT2D eigenvalue weighted by atomic mass is 35.5. The van der Waals surface area contributed by atoms with Crippen molar-refractivity contribution in [2.45, 2.75) is 25.9 Å². The lowest BCUT2D eigenvalue weighted by Gasteiger charge is -2.45. The molecule has 1 fully saturated rings. The van der Waals surface area contributed by atoms with Crippen LogP contribution >= 0.6 is 11.6 Å². The first-order valence-corrected chi connectivity index (χ1v) is 6.27. The maximum atomic E-state index is 6.33. The Morgan fingerprint density at radius 1 is 1.47 bits per heavy atom. The highest BCUT2D eigenvalue weighted by molar-refractivity contribution is 6.33. The third-order valence-electron chi connectivity index (χ3n) is 3.21. The van der Waals surface area contributed by atoms with Gasteiger partial charge in [0.15, 0.2) is 0 Å². The van der Waals surface area contributed by atoms with E-state index in [1.165, 1.54) is 0 Å². The second-order valence-corrected chi connectivity index (χ2v) is 5.38. The van der Waals surface area contributed by atoms with Crippen molar-refractivity contribution < 1.29 is 4.74 Å². The highest BCUT2D eigenvalue weighted by Gasteiger charge is 2.32. The number of hydrogen-bond donors (Lipinski definition) is 1. The van der Waals surface area contributed by atoms with Gasteiger partial charge in [-0.25, -0.2) is 0 Å². The van der Waals surface area contributed by atoms with Crippen LogP contribution in [0.2, 0.25) is 5.02 Å². The van der Waals surface area contributed by atoms with Crippen LogP contribution in [0.4, 0.5) is 5.69 Å². The molecule has 0 aliphatic carbocycles. The van der Waals surface area contributed by atoms with Crippen LogP contribution in [-0.2, 0) is 11.3 Å². The molecule has 0 aromatic heterocycles. The first-order valence-electron chi connectivity index (χ1n) is 5.89. The van der Waals surface area contributed by atoms with E-state index < -0.39 is 0 Å². The minimum atomic E-state index is -0.0484. The zero-order valence-electron chi connectivity index (χ0n) is 10.4. The molecule has 4 heteroatoms. The lowest BCUT2D eigenvalue weighted by atomic mass is 9.99. The molecule has 1 aromatic rings. The van der Waals surface area contributed by atoms with E-state index in [0.29, 0.717) is 13.2 Å². The van der Waals surface area contributed by atoms with E-state index in [1.807, 2.05) is 18.2 Å². The molecule has 1 aliphatic rings. The van der Waals surface area contributed by atoms with E-state index in [4.69, 9.17) is 22.1 Å². The molecule has 1 saturated heterocycles. The van der Waals surface area contributed by atoms with Gasteiger partial charge in [-0.15, -0.1) is 0 Å². The third-order valence-corrected chi connectivity index (χ3v) is 3.51. The number of benzene rings is 1. The Bertz CT molecular complexity index is 406. The van der Waals surface area contributed by atoms with Gasteiger partial charge in [0.05, 0.1) is 29.5 Å². The van der Waals surface area contributed by atoms with Crippen molar-refractivity contribution in [1.29, 1.82) is 0 Å². The molecule has 0 amide bonds. The molecule has 1 heterocycles. The fourth-order valence-electron chi connectivity index (χ4n) is 2.30. The largest absolute Gasteiger partial charge is 0.377 e. The normalized spacial score (nSPS) is 19.4. The number of hydrogen-bond acceptors (Lipinski definition) is 3. The van der Waals surface area contributed by atoms with E-state index in [2.05, 4.69) is 18.7 Å². The van der Waals surface area contributed by atoms with Crippen LogP contribution in [0.15, 0.2) is 18.2 Å². The summed E-state index contributed by atoms with van der Waals surface area (Å²) in [6, 6.07) is 5.90. The quantitative estimate of drug-likeness (QED) is 0.881. The molecular weight excluding hydrogens is 236 g/mol. The van der Waals surface area contributed by atoms with Gasteiger partial charge in [-0.2, -0.15) is 0 Å². The number of ether oxygens (including phenoxy) is 1. The van der Waals surface area contributed by atoms with Crippen molar-refractivity contribution in [3.8, 4) is 0 Å². The van der Waals surface area contributed by atoms with Crippen molar-refractivity contribution in [2.75, 3.05) is 24.7 Å². The van der Waals surface area contributed by atoms with Crippen LogP contribution in [0, 0.1) is 0 Å². The second-order valence-electron chi connectivity index (χ2n) is 4.97. The summed E-state index contributed by atoms with van der Waals surface area (Å²) >= 11 is 6.33. The van der Waals surface area contributed by atoms with Crippen molar-refractivity contribution in [2.24, 2.45) is 5.73 Å². The Balaban J connectivity index is 2.44. The van der Waals surface area contributed by atoms with Crippen molar-refractivity contribution in [3.63, 3.8) is 0 Å². The summed E-state index contributed by atoms with van der Waals surface area (Å²) in [5.41, 5.74) is 7.90. The second kappa shape index (κ2) is 4.84. The first-order chi connectivity index (χ1) is 8.06. The molecule has 1 aromatic carbocycles. The number of para-hydroxylation sites is 1. The van der Waals surface area contributed by atoms with Gasteiger partial charge in [0.25, 0.3) is 0 Å². The van der Waals surface area contributed by atoms with E-state index in [9.17, 15) is 0 Å². The molecule has 0 bridgehead atoms. The lowest BCUT2D eigenvalue weighted by molar-refractivity contribution is 0.0643. The highest BCUT2D eigenvalue weighted by Crippen LogP contribution is 2.35. The van der Waals surface area contributed by atoms with Gasteiger partial charge in [0.2, 0.25) is 0 Å². The van der Waals surface area contributed by atoms with Gasteiger partial charge in [-0.3, -0.25) is 0 Å². The average Bonchev–Trinajstić information content (AvgIpc) is 2.29. The van der Waals surface area contributed by atoms with E-state index in [0.717, 1.165) is 29.4 Å². The van der Waals surface area contributed by atoms with Crippen molar-refractivity contribution >= 4 is 17.3 Å². The molecule has 17 heavy (non-hydrogen) atoms. The Kier molecular flexibility index (Phi) is 3.61. The van der Waals surface area contributed by atoms with Crippen LogP contribution in [-0.4, -0.2) is 25.3 Å². The third kappa shape index (κ3) is 2.41. The summed E-state index contributed by atoms with van der Waals surface area (Å²) in [7, 11) is 0. The summed E-state index contributed by atoms with van der Waals surface area (Å²) in [5.74, 6) is 0. The smallest absolute Gasteiger partial charge is 0.0694 e. The minimum absolute atomic E-state index is 0.0484. The molecule has 0 spiro atoms. The van der Waals surface area contributed by atoms with Gasteiger partial charge in [0, 0.05) is 13.1 Å². The average molecular weight is 255 g/mol. The van der Waals surface area contributed by atoms with Crippen LogP contribution < -0.4 is 10.6 Å². The predicted octanol–water partition coefficient (Wildman–Crippen LogP) is 2.41. The number of morpholine rings is 1. The maximum absolute atomic E-state index is 6.33. The summed E-state index contributed by atoms with van der Waals surface area (Å²) in [6.07, 6.45) is 0. The molecular formula is C13H19ClN2O. The summed E-state index contributed by atoms with van der Waals surface area (Å²) in [4.78, 5) is 2.31. The van der Waals surface area contributed by atoms with Gasteiger partial charge >= 0.3 is 0 Å². The number of nitrogens with two attached hydrogens (primary N) is 1. The number of halogens is 1. The summed E-state index contributed by atoms with van der Waals surface area (Å²) < 4.78 is 5.53. The Labute approximate surface area is 107 Å². The SMILES string of the molecule is CC1(C)COCCN1c1c(Cl)cccc1CN.